The zero-order valence-corrected chi connectivity index (χ0v) is 22.4. The molecule has 1 saturated heterocycles. The van der Waals surface area contributed by atoms with Crippen LogP contribution in [-0.4, -0.2) is 24.2 Å². The molecule has 6 nitrogen and oxygen atoms in total. The minimum atomic E-state index is -0.589. The summed E-state index contributed by atoms with van der Waals surface area (Å²) in [5.41, 5.74) is 2.07. The summed E-state index contributed by atoms with van der Waals surface area (Å²) in [7, 11) is 1.55. The van der Waals surface area contributed by atoms with Crippen molar-refractivity contribution in [3.63, 3.8) is 0 Å². The van der Waals surface area contributed by atoms with Crippen LogP contribution in [0.25, 0.3) is 0 Å². The zero-order valence-electron chi connectivity index (χ0n) is 20.1. The first kappa shape index (κ1) is 26.6. The molecule has 0 radical (unpaired) electrons. The van der Waals surface area contributed by atoms with Crippen LogP contribution in [0.1, 0.15) is 24.1 Å². The van der Waals surface area contributed by atoms with E-state index in [0.29, 0.717) is 27.9 Å². The van der Waals surface area contributed by atoms with Gasteiger partial charge >= 0.3 is 0 Å². The minimum absolute atomic E-state index is 0.136. The highest BCUT2D eigenvalue weighted by atomic mass is 35.5. The molecule has 0 saturated carbocycles. The summed E-state index contributed by atoms with van der Waals surface area (Å²) < 4.78 is 5.24. The number of benzene rings is 3. The van der Waals surface area contributed by atoms with Gasteiger partial charge in [-0.1, -0.05) is 65.3 Å². The summed E-state index contributed by atoms with van der Waals surface area (Å²) in [5, 5.41) is 13.5. The molecule has 0 bridgehead atoms. The predicted octanol–water partition coefficient (Wildman–Crippen LogP) is 6.31. The lowest BCUT2D eigenvalue weighted by molar-refractivity contribution is -0.117. The number of hydrogen-bond donors (Lipinski definition) is 1. The van der Waals surface area contributed by atoms with E-state index in [1.807, 2.05) is 43.3 Å². The standard InChI is InChI=1S/C28H23Cl2N3O3S/c1-17(19-6-4-3-5-7-19)32-26(34)24(16-31)28-33(22-8-10-23(36-2)11-9-22)27(35)25(37-28)14-18-12-20(29)15-21(30)13-18/h3-13,15,17,25H,14H2,1-2H3,(H,32,34)/b28-24-. The Labute approximate surface area is 229 Å². The van der Waals surface area contributed by atoms with E-state index in [9.17, 15) is 14.9 Å². The molecule has 1 fully saturated rings. The van der Waals surface area contributed by atoms with Gasteiger partial charge < -0.3 is 10.1 Å². The lowest BCUT2D eigenvalue weighted by atomic mass is 10.1. The Balaban J connectivity index is 1.71. The summed E-state index contributed by atoms with van der Waals surface area (Å²) in [6.07, 6.45) is 0.320. The smallest absolute Gasteiger partial charge is 0.265 e. The van der Waals surface area contributed by atoms with Crippen molar-refractivity contribution in [2.75, 3.05) is 12.0 Å². The molecule has 1 aliphatic rings. The van der Waals surface area contributed by atoms with E-state index in [1.165, 1.54) is 16.7 Å². The summed E-state index contributed by atoms with van der Waals surface area (Å²) >= 11 is 13.5. The van der Waals surface area contributed by atoms with Gasteiger partial charge in [-0.05, 0) is 66.9 Å². The highest BCUT2D eigenvalue weighted by molar-refractivity contribution is 8.05. The molecule has 0 aromatic heterocycles. The third-order valence-corrected chi connectivity index (χ3v) is 7.53. The van der Waals surface area contributed by atoms with Crippen molar-refractivity contribution >= 4 is 52.5 Å². The van der Waals surface area contributed by atoms with E-state index in [2.05, 4.69) is 5.32 Å². The van der Waals surface area contributed by atoms with Gasteiger partial charge in [-0.15, -0.1) is 0 Å². The Morgan fingerprint density at radius 2 is 1.76 bits per heavy atom. The Kier molecular flexibility index (Phi) is 8.45. The number of hydrogen-bond acceptors (Lipinski definition) is 5. The maximum atomic E-state index is 13.7. The van der Waals surface area contributed by atoms with Crippen molar-refractivity contribution in [3.8, 4) is 11.8 Å². The normalized spacial score (nSPS) is 17.2. The largest absolute Gasteiger partial charge is 0.497 e. The fourth-order valence-electron chi connectivity index (χ4n) is 3.99. The van der Waals surface area contributed by atoms with Gasteiger partial charge in [0, 0.05) is 15.7 Å². The van der Waals surface area contributed by atoms with Gasteiger partial charge in [-0.2, -0.15) is 5.26 Å². The number of thioether (sulfide) groups is 1. The number of ether oxygens (including phenoxy) is 1. The lowest BCUT2D eigenvalue weighted by Crippen LogP contribution is -2.32. The Morgan fingerprint density at radius 3 is 2.35 bits per heavy atom. The first-order valence-corrected chi connectivity index (χ1v) is 13.0. The maximum Gasteiger partial charge on any atom is 0.265 e. The van der Waals surface area contributed by atoms with Crippen molar-refractivity contribution in [2.45, 2.75) is 24.6 Å². The van der Waals surface area contributed by atoms with Gasteiger partial charge in [0.05, 0.1) is 18.4 Å². The van der Waals surface area contributed by atoms with Crippen LogP contribution in [0.15, 0.2) is 83.4 Å². The van der Waals surface area contributed by atoms with E-state index in [1.54, 1.807) is 49.6 Å². The molecular formula is C28H23Cl2N3O3S. The van der Waals surface area contributed by atoms with Crippen molar-refractivity contribution in [1.29, 1.82) is 5.26 Å². The number of nitriles is 1. The fourth-order valence-corrected chi connectivity index (χ4v) is 5.87. The van der Waals surface area contributed by atoms with E-state index in [-0.39, 0.29) is 22.6 Å². The van der Waals surface area contributed by atoms with Crippen LogP contribution in [0.3, 0.4) is 0 Å². The van der Waals surface area contributed by atoms with Gasteiger partial charge in [-0.3, -0.25) is 14.5 Å². The minimum Gasteiger partial charge on any atom is -0.497 e. The van der Waals surface area contributed by atoms with Crippen LogP contribution in [0.2, 0.25) is 10.0 Å². The third kappa shape index (κ3) is 6.11. The number of carbonyl (C=O) groups is 2. The average molecular weight is 552 g/mol. The molecule has 0 aliphatic carbocycles. The molecule has 1 heterocycles. The second kappa shape index (κ2) is 11.7. The molecule has 2 amide bonds. The molecule has 2 unspecified atom stereocenters. The van der Waals surface area contributed by atoms with Gasteiger partial charge in [-0.25, -0.2) is 0 Å². The predicted molar refractivity (Wildman–Crippen MR) is 148 cm³/mol. The monoisotopic (exact) mass is 551 g/mol. The summed E-state index contributed by atoms with van der Waals surface area (Å²) in [6.45, 7) is 1.84. The maximum absolute atomic E-state index is 13.7. The number of amides is 2. The first-order valence-electron chi connectivity index (χ1n) is 11.4. The number of nitrogens with one attached hydrogen (secondary N) is 1. The van der Waals surface area contributed by atoms with E-state index >= 15 is 0 Å². The van der Waals surface area contributed by atoms with E-state index in [0.717, 1.165) is 11.1 Å². The topological polar surface area (TPSA) is 82.4 Å². The van der Waals surface area contributed by atoms with E-state index in [4.69, 9.17) is 27.9 Å². The van der Waals surface area contributed by atoms with Crippen LogP contribution in [0.5, 0.6) is 5.75 Å². The van der Waals surface area contributed by atoms with Gasteiger partial charge in [0.1, 0.15) is 22.4 Å². The molecule has 3 aromatic carbocycles. The molecule has 9 heteroatoms. The second-order valence-corrected chi connectivity index (χ2v) is 10.4. The Bertz CT molecular complexity index is 1370. The number of anilines is 1. The summed E-state index contributed by atoms with van der Waals surface area (Å²) in [5.74, 6) is -0.189. The SMILES string of the molecule is COc1ccc(N2C(=O)C(Cc3cc(Cl)cc(Cl)c3)S/C2=C(/C#N)C(=O)NC(C)c2ccccc2)cc1. The molecular weight excluding hydrogens is 529 g/mol. The third-order valence-electron chi connectivity index (χ3n) is 5.83. The molecule has 188 valence electrons. The van der Waals surface area contributed by atoms with Crippen LogP contribution < -0.4 is 15.0 Å². The molecule has 3 aromatic rings. The molecule has 2 atom stereocenters. The van der Waals surface area contributed by atoms with E-state index < -0.39 is 11.2 Å². The molecule has 37 heavy (non-hydrogen) atoms. The molecule has 0 spiro atoms. The first-order chi connectivity index (χ1) is 17.8. The molecule has 4 rings (SSSR count). The summed E-state index contributed by atoms with van der Waals surface area (Å²) in [6, 6.07) is 23.1. The number of nitrogens with zero attached hydrogens (tertiary/aromatic N) is 2. The lowest BCUT2D eigenvalue weighted by Gasteiger charge is -2.20. The second-order valence-electron chi connectivity index (χ2n) is 8.36. The van der Waals surface area contributed by atoms with Crippen LogP contribution in [0.4, 0.5) is 5.69 Å². The summed E-state index contributed by atoms with van der Waals surface area (Å²) in [4.78, 5) is 28.4. The van der Waals surface area contributed by atoms with Crippen LogP contribution in [0, 0.1) is 11.3 Å². The van der Waals surface area contributed by atoms with Crippen molar-refractivity contribution < 1.29 is 14.3 Å². The van der Waals surface area contributed by atoms with Gasteiger partial charge in [0.25, 0.3) is 5.91 Å². The molecule has 1 aliphatic heterocycles. The van der Waals surface area contributed by atoms with Crippen LogP contribution >= 0.6 is 35.0 Å². The molecule has 1 N–H and O–H groups in total. The van der Waals surface area contributed by atoms with Gasteiger partial charge in [0.15, 0.2) is 0 Å². The zero-order chi connectivity index (χ0) is 26.5. The number of methoxy groups -OCH3 is 1. The highest BCUT2D eigenvalue weighted by Gasteiger charge is 2.41. The van der Waals surface area contributed by atoms with Gasteiger partial charge in [0.2, 0.25) is 5.91 Å². The average Bonchev–Trinajstić information content (AvgIpc) is 3.19. The highest BCUT2D eigenvalue weighted by Crippen LogP contribution is 2.42. The Hall–Kier alpha value is -3.44. The van der Waals surface area contributed by atoms with Crippen LogP contribution in [-0.2, 0) is 16.0 Å². The number of halogens is 2. The fraction of sp³-hybridized carbons (Fsp3) is 0.179. The Morgan fingerprint density at radius 1 is 1.11 bits per heavy atom. The van der Waals surface area contributed by atoms with Crippen molar-refractivity contribution in [3.05, 3.63) is 105 Å². The van der Waals surface area contributed by atoms with Crippen molar-refractivity contribution in [2.24, 2.45) is 0 Å². The number of carbonyl (C=O) groups excluding carboxylic acids is 2. The quantitative estimate of drug-likeness (QED) is 0.275. The van der Waals surface area contributed by atoms with Crippen molar-refractivity contribution in [1.82, 2.24) is 5.32 Å². The number of rotatable bonds is 7.